The summed E-state index contributed by atoms with van der Waals surface area (Å²) < 4.78 is 12.1. The molecule has 0 radical (unpaired) electrons. The zero-order chi connectivity index (χ0) is 23.4. The Balaban J connectivity index is 1.49. The molecule has 10 nitrogen and oxygen atoms in total. The highest BCUT2D eigenvalue weighted by Crippen LogP contribution is 2.35. The minimum atomic E-state index is -0.503. The number of nitro groups is 1. The third-order valence-corrected chi connectivity index (χ3v) is 5.53. The Labute approximate surface area is 192 Å². The van der Waals surface area contributed by atoms with Gasteiger partial charge < -0.3 is 9.47 Å². The van der Waals surface area contributed by atoms with Gasteiger partial charge in [0.25, 0.3) is 5.91 Å². The van der Waals surface area contributed by atoms with E-state index >= 15 is 0 Å². The summed E-state index contributed by atoms with van der Waals surface area (Å²) in [6, 6.07) is 12.4. The topological polar surface area (TPSA) is 121 Å². The van der Waals surface area contributed by atoms with Crippen LogP contribution < -0.4 is 14.8 Å². The summed E-state index contributed by atoms with van der Waals surface area (Å²) >= 11 is 1.29. The number of benzene rings is 2. The third-order valence-electron chi connectivity index (χ3n) is 4.77. The van der Waals surface area contributed by atoms with Crippen LogP contribution in [0.25, 0.3) is 11.3 Å². The van der Waals surface area contributed by atoms with Gasteiger partial charge in [-0.05, 0) is 35.9 Å². The second-order valence-corrected chi connectivity index (χ2v) is 7.77. The SMILES string of the molecule is COc1ccc(OC)c(-c2csc(NC(=O)c3cccc(Cn4cc([N+](=O)[O-])cn4)c3)n2)c1. The number of anilines is 1. The predicted molar refractivity (Wildman–Crippen MR) is 123 cm³/mol. The molecule has 1 amide bonds. The lowest BCUT2D eigenvalue weighted by Crippen LogP contribution is -2.12. The van der Waals surface area contributed by atoms with Crippen molar-refractivity contribution >= 4 is 28.1 Å². The van der Waals surface area contributed by atoms with Crippen LogP contribution in [0, 0.1) is 10.1 Å². The number of nitrogens with zero attached hydrogens (tertiary/aromatic N) is 4. The number of hydrogen-bond donors (Lipinski definition) is 1. The summed E-state index contributed by atoms with van der Waals surface area (Å²) in [4.78, 5) is 27.6. The van der Waals surface area contributed by atoms with Crippen molar-refractivity contribution in [1.29, 1.82) is 0 Å². The summed E-state index contributed by atoms with van der Waals surface area (Å²) in [5, 5.41) is 19.9. The van der Waals surface area contributed by atoms with Gasteiger partial charge in [-0.15, -0.1) is 11.3 Å². The molecule has 4 rings (SSSR count). The van der Waals surface area contributed by atoms with Crippen LogP contribution >= 0.6 is 11.3 Å². The summed E-state index contributed by atoms with van der Waals surface area (Å²) in [5.74, 6) is 0.996. The van der Waals surface area contributed by atoms with Crippen molar-refractivity contribution in [2.75, 3.05) is 19.5 Å². The van der Waals surface area contributed by atoms with Crippen LogP contribution in [0.4, 0.5) is 10.8 Å². The third kappa shape index (κ3) is 4.99. The molecule has 2 aromatic carbocycles. The lowest BCUT2D eigenvalue weighted by atomic mass is 10.1. The fraction of sp³-hybridized carbons (Fsp3) is 0.136. The molecule has 0 aliphatic rings. The van der Waals surface area contributed by atoms with E-state index in [2.05, 4.69) is 15.4 Å². The van der Waals surface area contributed by atoms with E-state index in [0.29, 0.717) is 34.4 Å². The van der Waals surface area contributed by atoms with Crippen molar-refractivity contribution in [2.45, 2.75) is 6.54 Å². The van der Waals surface area contributed by atoms with Crippen LogP contribution in [-0.4, -0.2) is 39.8 Å². The monoisotopic (exact) mass is 465 g/mol. The molecule has 0 unspecified atom stereocenters. The van der Waals surface area contributed by atoms with Gasteiger partial charge in [-0.25, -0.2) is 4.98 Å². The summed E-state index contributed by atoms with van der Waals surface area (Å²) in [6.07, 6.45) is 2.53. The smallest absolute Gasteiger partial charge is 0.307 e. The average Bonchev–Trinajstić information content (AvgIpc) is 3.48. The standard InChI is InChI=1S/C22H19N5O5S/c1-31-17-6-7-20(32-2)18(9-17)19-13-33-22(24-19)25-21(28)15-5-3-4-14(8-15)11-26-12-16(10-23-26)27(29)30/h3-10,12-13H,11H2,1-2H3,(H,24,25,28). The maximum Gasteiger partial charge on any atom is 0.307 e. The molecule has 0 aliphatic carbocycles. The van der Waals surface area contributed by atoms with E-state index in [4.69, 9.17) is 9.47 Å². The van der Waals surface area contributed by atoms with Crippen molar-refractivity contribution in [2.24, 2.45) is 0 Å². The quantitative estimate of drug-likeness (QED) is 0.305. The van der Waals surface area contributed by atoms with E-state index in [1.165, 1.54) is 28.4 Å². The van der Waals surface area contributed by atoms with Gasteiger partial charge in [0.05, 0.1) is 31.4 Å². The van der Waals surface area contributed by atoms with E-state index in [1.807, 2.05) is 17.5 Å². The van der Waals surface area contributed by atoms with E-state index < -0.39 is 4.92 Å². The number of carbonyl (C=O) groups is 1. The zero-order valence-electron chi connectivity index (χ0n) is 17.7. The number of carbonyl (C=O) groups excluding carboxylic acids is 1. The van der Waals surface area contributed by atoms with Gasteiger partial charge in [0.2, 0.25) is 0 Å². The van der Waals surface area contributed by atoms with Gasteiger partial charge in [0.15, 0.2) is 5.13 Å². The average molecular weight is 465 g/mol. The minimum Gasteiger partial charge on any atom is -0.497 e. The van der Waals surface area contributed by atoms with Gasteiger partial charge in [0.1, 0.15) is 23.9 Å². The van der Waals surface area contributed by atoms with Crippen LogP contribution in [0.1, 0.15) is 15.9 Å². The molecule has 0 saturated carbocycles. The van der Waals surface area contributed by atoms with E-state index in [-0.39, 0.29) is 11.6 Å². The Hall–Kier alpha value is -4.25. The highest BCUT2D eigenvalue weighted by atomic mass is 32.1. The Morgan fingerprint density at radius 2 is 2.06 bits per heavy atom. The number of amides is 1. The summed E-state index contributed by atoms with van der Waals surface area (Å²) in [5.41, 5.74) is 2.53. The lowest BCUT2D eigenvalue weighted by Gasteiger charge is -2.08. The molecule has 33 heavy (non-hydrogen) atoms. The molecular formula is C22H19N5O5S. The molecule has 0 spiro atoms. The van der Waals surface area contributed by atoms with Gasteiger partial charge in [-0.3, -0.25) is 24.9 Å². The minimum absolute atomic E-state index is 0.0869. The normalized spacial score (nSPS) is 10.6. The number of hydrogen-bond acceptors (Lipinski definition) is 8. The van der Waals surface area contributed by atoms with Gasteiger partial charge in [0, 0.05) is 16.5 Å². The van der Waals surface area contributed by atoms with E-state index in [0.717, 1.165) is 11.1 Å². The molecule has 11 heteroatoms. The van der Waals surface area contributed by atoms with Crippen LogP contribution in [-0.2, 0) is 6.54 Å². The number of ether oxygens (including phenoxy) is 2. The first-order valence-electron chi connectivity index (χ1n) is 9.72. The molecule has 0 saturated heterocycles. The number of methoxy groups -OCH3 is 2. The molecule has 2 heterocycles. The van der Waals surface area contributed by atoms with Crippen molar-refractivity contribution < 1.29 is 19.2 Å². The molecule has 0 atom stereocenters. The lowest BCUT2D eigenvalue weighted by molar-refractivity contribution is -0.385. The molecule has 0 aliphatic heterocycles. The summed E-state index contributed by atoms with van der Waals surface area (Å²) in [7, 11) is 3.16. The number of rotatable bonds is 8. The van der Waals surface area contributed by atoms with Gasteiger partial charge in [-0.2, -0.15) is 5.10 Å². The van der Waals surface area contributed by atoms with Gasteiger partial charge >= 0.3 is 5.69 Å². The first-order valence-corrected chi connectivity index (χ1v) is 10.6. The first-order chi connectivity index (χ1) is 16.0. The second-order valence-electron chi connectivity index (χ2n) is 6.91. The Kier molecular flexibility index (Phi) is 6.31. The number of nitrogens with one attached hydrogen (secondary N) is 1. The molecule has 4 aromatic rings. The van der Waals surface area contributed by atoms with Crippen molar-refractivity contribution in [1.82, 2.24) is 14.8 Å². The molecule has 0 fully saturated rings. The predicted octanol–water partition coefficient (Wildman–Crippen LogP) is 4.23. The van der Waals surface area contributed by atoms with Crippen LogP contribution in [0.3, 0.4) is 0 Å². The number of aromatic nitrogens is 3. The summed E-state index contributed by atoms with van der Waals surface area (Å²) in [6.45, 7) is 0.298. The van der Waals surface area contributed by atoms with E-state index in [1.54, 1.807) is 44.6 Å². The van der Waals surface area contributed by atoms with Crippen LogP contribution in [0.15, 0.2) is 60.2 Å². The molecule has 1 N–H and O–H groups in total. The Bertz CT molecular complexity index is 1320. The fourth-order valence-corrected chi connectivity index (χ4v) is 3.88. The molecular weight excluding hydrogens is 446 g/mol. The maximum absolute atomic E-state index is 12.8. The van der Waals surface area contributed by atoms with Crippen molar-refractivity contribution in [3.8, 4) is 22.8 Å². The molecule has 168 valence electrons. The van der Waals surface area contributed by atoms with Crippen LogP contribution in [0.5, 0.6) is 11.5 Å². The zero-order valence-corrected chi connectivity index (χ0v) is 18.5. The highest BCUT2D eigenvalue weighted by molar-refractivity contribution is 7.14. The van der Waals surface area contributed by atoms with E-state index in [9.17, 15) is 14.9 Å². The number of thiazole rings is 1. The fourth-order valence-electron chi connectivity index (χ4n) is 3.17. The van der Waals surface area contributed by atoms with Crippen molar-refractivity contribution in [3.05, 3.63) is 81.5 Å². The maximum atomic E-state index is 12.8. The van der Waals surface area contributed by atoms with Crippen molar-refractivity contribution in [3.63, 3.8) is 0 Å². The largest absolute Gasteiger partial charge is 0.497 e. The second kappa shape index (κ2) is 9.49. The Morgan fingerprint density at radius 1 is 1.21 bits per heavy atom. The Morgan fingerprint density at radius 3 is 2.79 bits per heavy atom. The molecule has 2 aromatic heterocycles. The first kappa shape index (κ1) is 22.0. The van der Waals surface area contributed by atoms with Crippen LogP contribution in [0.2, 0.25) is 0 Å². The highest BCUT2D eigenvalue weighted by Gasteiger charge is 2.15. The van der Waals surface area contributed by atoms with Gasteiger partial charge in [-0.1, -0.05) is 12.1 Å². The molecule has 0 bridgehead atoms.